The first kappa shape index (κ1) is 30.5. The van der Waals surface area contributed by atoms with E-state index in [1.165, 1.54) is 55.2 Å². The predicted octanol–water partition coefficient (Wildman–Crippen LogP) is 13.6. The van der Waals surface area contributed by atoms with E-state index in [4.69, 9.17) is 4.42 Å². The maximum atomic E-state index is 6.88. The smallest absolute Gasteiger partial charge is 0.209 e. The Morgan fingerprint density at radius 2 is 1.19 bits per heavy atom. The minimum absolute atomic E-state index is 0.209. The van der Waals surface area contributed by atoms with Crippen molar-refractivity contribution < 1.29 is 4.42 Å². The maximum Gasteiger partial charge on any atom is 0.209 e. The number of benzene rings is 6. The number of allylic oxidation sites excluding steroid dienone is 4. The second-order valence-electron chi connectivity index (χ2n) is 14.5. The van der Waals surface area contributed by atoms with Crippen LogP contribution in [0.4, 0.5) is 17.1 Å². The quantitative estimate of drug-likeness (QED) is 0.176. The van der Waals surface area contributed by atoms with E-state index in [2.05, 4.69) is 193 Å². The summed E-state index contributed by atoms with van der Waals surface area (Å²) in [5.74, 6) is 1.79. The van der Waals surface area contributed by atoms with Crippen LogP contribution in [0.3, 0.4) is 0 Å². The molecule has 0 amide bonds. The Kier molecular flexibility index (Phi) is 6.97. The summed E-state index contributed by atoms with van der Waals surface area (Å²) >= 11 is 0. The minimum atomic E-state index is -0.209. The van der Waals surface area contributed by atoms with Crippen LogP contribution in [0.5, 0.6) is 0 Å². The molecule has 2 aromatic heterocycles. The number of furan rings is 1. The molecule has 3 heterocycles. The maximum absolute atomic E-state index is 6.88. The van der Waals surface area contributed by atoms with E-state index < -0.39 is 0 Å². The fraction of sp³-hybridized carbons (Fsp3) is 0.102. The summed E-state index contributed by atoms with van der Waals surface area (Å²) in [5.41, 5.74) is 14.2. The Labute approximate surface area is 304 Å². The number of para-hydroxylation sites is 2. The molecule has 3 heteroatoms. The molecule has 1 aliphatic heterocycles. The van der Waals surface area contributed by atoms with E-state index >= 15 is 0 Å². The van der Waals surface area contributed by atoms with Gasteiger partial charge in [0.2, 0.25) is 5.88 Å². The molecule has 0 unspecified atom stereocenters. The molecule has 0 saturated carbocycles. The Bertz CT molecular complexity index is 2670. The van der Waals surface area contributed by atoms with Crippen LogP contribution >= 0.6 is 0 Å². The molecule has 0 spiro atoms. The van der Waals surface area contributed by atoms with Crippen molar-refractivity contribution in [2.45, 2.75) is 32.1 Å². The second kappa shape index (κ2) is 11.9. The van der Waals surface area contributed by atoms with E-state index in [1.807, 2.05) is 0 Å². The van der Waals surface area contributed by atoms with Crippen molar-refractivity contribution in [3.8, 4) is 28.3 Å². The SMILES string of the molecule is CC1(C)c2cc(-c3ccc(N(c4ccc(C5=CC=CCC5)cc4)c4ccc(-c5ccccc5)cc4)cc3)oc2-n2c3ccccc3c3cccc1c32. The molecule has 0 saturated heterocycles. The normalized spacial score (nSPS) is 14.4. The van der Waals surface area contributed by atoms with Crippen LogP contribution in [0.2, 0.25) is 0 Å². The molecule has 250 valence electrons. The van der Waals surface area contributed by atoms with E-state index in [-0.39, 0.29) is 5.41 Å². The molecule has 52 heavy (non-hydrogen) atoms. The lowest BCUT2D eigenvalue weighted by Crippen LogP contribution is -2.24. The number of hydrogen-bond donors (Lipinski definition) is 0. The molecule has 0 fully saturated rings. The third-order valence-corrected chi connectivity index (χ3v) is 11.1. The largest absolute Gasteiger partial charge is 0.439 e. The Hall–Kier alpha value is -6.32. The van der Waals surface area contributed by atoms with Gasteiger partial charge in [-0.3, -0.25) is 4.57 Å². The number of nitrogens with zero attached hydrogens (tertiary/aromatic N) is 2. The van der Waals surface area contributed by atoms with Crippen LogP contribution in [-0.4, -0.2) is 4.57 Å². The van der Waals surface area contributed by atoms with Crippen LogP contribution in [0.1, 0.15) is 43.4 Å². The monoisotopic (exact) mass is 670 g/mol. The molecule has 0 radical (unpaired) electrons. The molecule has 0 N–H and O–H groups in total. The first-order valence-electron chi connectivity index (χ1n) is 18.2. The minimum Gasteiger partial charge on any atom is -0.439 e. The molecular weight excluding hydrogens is 633 g/mol. The fourth-order valence-electron chi connectivity index (χ4n) is 8.34. The number of hydrogen-bond acceptors (Lipinski definition) is 2. The van der Waals surface area contributed by atoms with E-state index in [1.54, 1.807) is 0 Å². The first-order valence-corrected chi connectivity index (χ1v) is 18.2. The van der Waals surface area contributed by atoms with Gasteiger partial charge >= 0.3 is 0 Å². The summed E-state index contributed by atoms with van der Waals surface area (Å²) < 4.78 is 9.21. The molecule has 10 rings (SSSR count). The third-order valence-electron chi connectivity index (χ3n) is 11.1. The standard InChI is InChI=1S/C49H38N2O/c1-49(2)43-18-11-17-42-41-16-9-10-19-45(41)51(47(42)43)48-44(49)32-46(52-48)37-24-30-40(31-25-37)50(38-26-20-35(21-27-38)33-12-5-3-6-13-33)39-28-22-36(23-29-39)34-14-7-4-8-15-34/h3-7,9-14,16-32H,8,15H2,1-2H3. The summed E-state index contributed by atoms with van der Waals surface area (Å²) in [7, 11) is 0. The van der Waals surface area contributed by atoms with Gasteiger partial charge in [0.15, 0.2) is 0 Å². The van der Waals surface area contributed by atoms with Crippen LogP contribution in [-0.2, 0) is 5.41 Å². The molecule has 0 bridgehead atoms. The summed E-state index contributed by atoms with van der Waals surface area (Å²) in [6.45, 7) is 4.63. The van der Waals surface area contributed by atoms with Crippen molar-refractivity contribution in [2.24, 2.45) is 0 Å². The highest BCUT2D eigenvalue weighted by atomic mass is 16.4. The zero-order chi connectivity index (χ0) is 34.8. The van der Waals surface area contributed by atoms with E-state index in [0.29, 0.717) is 0 Å². The van der Waals surface area contributed by atoms with Gasteiger partial charge in [0, 0.05) is 44.4 Å². The van der Waals surface area contributed by atoms with Gasteiger partial charge in [-0.15, -0.1) is 0 Å². The molecular formula is C49H38N2O. The van der Waals surface area contributed by atoms with Crippen molar-refractivity contribution in [3.63, 3.8) is 0 Å². The molecule has 8 aromatic rings. The van der Waals surface area contributed by atoms with Crippen molar-refractivity contribution in [1.82, 2.24) is 4.57 Å². The fourth-order valence-corrected chi connectivity index (χ4v) is 8.34. The van der Waals surface area contributed by atoms with Gasteiger partial charge in [0.1, 0.15) is 5.76 Å². The lowest BCUT2D eigenvalue weighted by atomic mass is 9.76. The summed E-state index contributed by atoms with van der Waals surface area (Å²) in [6, 6.07) is 54.9. The highest BCUT2D eigenvalue weighted by molar-refractivity contribution is 6.11. The average Bonchev–Trinajstić information content (AvgIpc) is 3.80. The molecule has 1 aliphatic carbocycles. The van der Waals surface area contributed by atoms with Gasteiger partial charge in [0.25, 0.3) is 0 Å². The van der Waals surface area contributed by atoms with E-state index in [0.717, 1.165) is 47.1 Å². The highest BCUT2D eigenvalue weighted by Crippen LogP contribution is 2.49. The van der Waals surface area contributed by atoms with Gasteiger partial charge in [-0.05, 0) is 101 Å². The third kappa shape index (κ3) is 4.81. The van der Waals surface area contributed by atoms with Crippen molar-refractivity contribution in [2.75, 3.05) is 4.90 Å². The van der Waals surface area contributed by atoms with Crippen LogP contribution in [0, 0.1) is 0 Å². The second-order valence-corrected chi connectivity index (χ2v) is 14.5. The predicted molar refractivity (Wildman–Crippen MR) is 217 cm³/mol. The molecule has 0 atom stereocenters. The van der Waals surface area contributed by atoms with Crippen molar-refractivity contribution in [3.05, 3.63) is 187 Å². The van der Waals surface area contributed by atoms with Crippen LogP contribution in [0.15, 0.2) is 174 Å². The molecule has 2 aliphatic rings. The van der Waals surface area contributed by atoms with Crippen molar-refractivity contribution in [1.29, 1.82) is 0 Å². The lowest BCUT2D eigenvalue weighted by molar-refractivity contribution is 0.529. The summed E-state index contributed by atoms with van der Waals surface area (Å²) in [5, 5.41) is 2.52. The van der Waals surface area contributed by atoms with Gasteiger partial charge < -0.3 is 9.32 Å². The Morgan fingerprint density at radius 1 is 0.577 bits per heavy atom. The number of rotatable bonds is 6. The Balaban J connectivity index is 1.05. The topological polar surface area (TPSA) is 21.3 Å². The zero-order valence-corrected chi connectivity index (χ0v) is 29.4. The number of anilines is 3. The van der Waals surface area contributed by atoms with E-state index in [9.17, 15) is 0 Å². The zero-order valence-electron chi connectivity index (χ0n) is 29.4. The lowest BCUT2D eigenvalue weighted by Gasteiger charge is -2.31. The summed E-state index contributed by atoms with van der Waals surface area (Å²) in [4.78, 5) is 2.34. The van der Waals surface area contributed by atoms with Crippen molar-refractivity contribution >= 4 is 44.4 Å². The molecule has 3 nitrogen and oxygen atoms in total. The number of fused-ring (bicyclic) bond motifs is 5. The van der Waals surface area contributed by atoms with Crippen LogP contribution in [0.25, 0.3) is 55.7 Å². The van der Waals surface area contributed by atoms with Gasteiger partial charge in [-0.2, -0.15) is 0 Å². The summed E-state index contributed by atoms with van der Waals surface area (Å²) in [6.07, 6.45) is 8.82. The first-order chi connectivity index (χ1) is 25.5. The van der Waals surface area contributed by atoms with Gasteiger partial charge in [0.05, 0.1) is 11.0 Å². The number of aromatic nitrogens is 1. The average molecular weight is 671 g/mol. The molecule has 6 aromatic carbocycles. The van der Waals surface area contributed by atoms with Gasteiger partial charge in [-0.1, -0.05) is 123 Å². The highest BCUT2D eigenvalue weighted by Gasteiger charge is 2.38. The van der Waals surface area contributed by atoms with Crippen LogP contribution < -0.4 is 4.90 Å². The Morgan fingerprint density at radius 3 is 1.88 bits per heavy atom. The van der Waals surface area contributed by atoms with Gasteiger partial charge in [-0.25, -0.2) is 0 Å².